The second kappa shape index (κ2) is 4.74. The summed E-state index contributed by atoms with van der Waals surface area (Å²) in [5, 5.41) is 1.92. The van der Waals surface area contributed by atoms with Gasteiger partial charge >= 0.3 is 5.97 Å². The standard InChI is InChI=1S/C8H10BrNO2S/c1-12-8(11)6(3-10)7-2-5(9)4-13-7/h2,4,6H,3,10H2,1H3. The molecule has 1 heterocycles. The number of methoxy groups -OCH3 is 1. The van der Waals surface area contributed by atoms with Crippen molar-refractivity contribution in [2.24, 2.45) is 5.73 Å². The van der Waals surface area contributed by atoms with Crippen LogP contribution in [0.5, 0.6) is 0 Å². The highest BCUT2D eigenvalue weighted by atomic mass is 79.9. The quantitative estimate of drug-likeness (QED) is 0.846. The number of rotatable bonds is 3. The van der Waals surface area contributed by atoms with Gasteiger partial charge < -0.3 is 10.5 Å². The number of nitrogens with two attached hydrogens (primary N) is 1. The summed E-state index contributed by atoms with van der Waals surface area (Å²) in [7, 11) is 1.37. The van der Waals surface area contributed by atoms with Crippen molar-refractivity contribution in [1.82, 2.24) is 0 Å². The van der Waals surface area contributed by atoms with E-state index in [0.29, 0.717) is 0 Å². The molecule has 0 aromatic carbocycles. The Morgan fingerprint density at radius 2 is 2.54 bits per heavy atom. The normalized spacial score (nSPS) is 12.5. The number of carbonyl (C=O) groups is 1. The zero-order chi connectivity index (χ0) is 9.84. The highest BCUT2D eigenvalue weighted by Gasteiger charge is 2.20. The number of ether oxygens (including phenoxy) is 1. The molecule has 1 aromatic rings. The van der Waals surface area contributed by atoms with E-state index in [1.165, 1.54) is 18.4 Å². The molecule has 1 rings (SSSR count). The highest BCUT2D eigenvalue weighted by Crippen LogP contribution is 2.27. The van der Waals surface area contributed by atoms with Crippen molar-refractivity contribution in [2.45, 2.75) is 5.92 Å². The van der Waals surface area contributed by atoms with Crippen LogP contribution in [-0.2, 0) is 9.53 Å². The molecule has 1 aromatic heterocycles. The second-order valence-electron chi connectivity index (χ2n) is 2.48. The van der Waals surface area contributed by atoms with Gasteiger partial charge in [-0.05, 0) is 22.0 Å². The van der Waals surface area contributed by atoms with Gasteiger partial charge in [-0.3, -0.25) is 4.79 Å². The van der Waals surface area contributed by atoms with Gasteiger partial charge in [-0.25, -0.2) is 0 Å². The Hall–Kier alpha value is -0.390. The van der Waals surface area contributed by atoms with E-state index in [0.717, 1.165) is 9.35 Å². The van der Waals surface area contributed by atoms with E-state index < -0.39 is 0 Å². The molecular weight excluding hydrogens is 254 g/mol. The first kappa shape index (κ1) is 10.7. The Kier molecular flexibility index (Phi) is 3.90. The molecule has 0 amide bonds. The summed E-state index contributed by atoms with van der Waals surface area (Å²) in [6.45, 7) is 0.277. The molecule has 1 atom stereocenters. The first-order chi connectivity index (χ1) is 6.19. The van der Waals surface area contributed by atoms with Crippen LogP contribution in [-0.4, -0.2) is 19.6 Å². The van der Waals surface area contributed by atoms with Gasteiger partial charge in [0.05, 0.1) is 7.11 Å². The fraction of sp³-hybridized carbons (Fsp3) is 0.375. The smallest absolute Gasteiger partial charge is 0.315 e. The van der Waals surface area contributed by atoms with Crippen molar-refractivity contribution in [3.63, 3.8) is 0 Å². The number of thiophene rings is 1. The molecule has 2 N–H and O–H groups in total. The molecular formula is C8H10BrNO2S. The Labute approximate surface area is 89.0 Å². The SMILES string of the molecule is COC(=O)C(CN)c1cc(Br)cs1. The molecule has 0 saturated carbocycles. The third kappa shape index (κ3) is 2.52. The maximum atomic E-state index is 11.2. The van der Waals surface area contributed by atoms with Crippen LogP contribution in [0.25, 0.3) is 0 Å². The van der Waals surface area contributed by atoms with Gasteiger partial charge in [0.15, 0.2) is 0 Å². The van der Waals surface area contributed by atoms with Crippen molar-refractivity contribution in [1.29, 1.82) is 0 Å². The van der Waals surface area contributed by atoms with Crippen LogP contribution in [0.4, 0.5) is 0 Å². The van der Waals surface area contributed by atoms with E-state index in [4.69, 9.17) is 5.73 Å². The lowest BCUT2D eigenvalue weighted by molar-refractivity contribution is -0.142. The zero-order valence-electron chi connectivity index (χ0n) is 7.12. The van der Waals surface area contributed by atoms with Crippen LogP contribution in [0.3, 0.4) is 0 Å². The number of hydrogen-bond acceptors (Lipinski definition) is 4. The fourth-order valence-electron chi connectivity index (χ4n) is 0.982. The lowest BCUT2D eigenvalue weighted by Crippen LogP contribution is -2.21. The average Bonchev–Trinajstić information content (AvgIpc) is 2.53. The molecule has 3 nitrogen and oxygen atoms in total. The topological polar surface area (TPSA) is 52.3 Å². The zero-order valence-corrected chi connectivity index (χ0v) is 9.52. The Morgan fingerprint density at radius 3 is 2.92 bits per heavy atom. The minimum absolute atomic E-state index is 0.277. The van der Waals surface area contributed by atoms with Gasteiger partial charge in [-0.1, -0.05) is 0 Å². The first-order valence-electron chi connectivity index (χ1n) is 3.71. The van der Waals surface area contributed by atoms with E-state index in [1.807, 2.05) is 11.4 Å². The summed E-state index contributed by atoms with van der Waals surface area (Å²) in [6, 6.07) is 1.89. The van der Waals surface area contributed by atoms with Crippen molar-refractivity contribution >= 4 is 33.2 Å². The molecule has 0 bridgehead atoms. The molecule has 0 spiro atoms. The van der Waals surface area contributed by atoms with Crippen LogP contribution in [0.1, 0.15) is 10.8 Å². The summed E-state index contributed by atoms with van der Waals surface area (Å²) < 4.78 is 5.61. The second-order valence-corrected chi connectivity index (χ2v) is 4.34. The third-order valence-corrected chi connectivity index (χ3v) is 3.46. The molecule has 13 heavy (non-hydrogen) atoms. The number of esters is 1. The summed E-state index contributed by atoms with van der Waals surface area (Å²) in [5.74, 6) is -0.613. The van der Waals surface area contributed by atoms with Gasteiger partial charge in [0, 0.05) is 21.3 Å². The molecule has 0 aliphatic carbocycles. The van der Waals surface area contributed by atoms with Crippen molar-refractivity contribution in [3.05, 3.63) is 20.8 Å². The lowest BCUT2D eigenvalue weighted by atomic mass is 10.1. The predicted molar refractivity (Wildman–Crippen MR) is 55.8 cm³/mol. The van der Waals surface area contributed by atoms with Gasteiger partial charge in [0.2, 0.25) is 0 Å². The maximum absolute atomic E-state index is 11.2. The summed E-state index contributed by atoms with van der Waals surface area (Å²) in [5.41, 5.74) is 5.48. The lowest BCUT2D eigenvalue weighted by Gasteiger charge is -2.09. The first-order valence-corrected chi connectivity index (χ1v) is 5.38. The van der Waals surface area contributed by atoms with E-state index in [1.54, 1.807) is 0 Å². The Morgan fingerprint density at radius 1 is 1.85 bits per heavy atom. The monoisotopic (exact) mass is 263 g/mol. The Bertz CT molecular complexity index is 300. The van der Waals surface area contributed by atoms with E-state index in [-0.39, 0.29) is 18.4 Å². The highest BCUT2D eigenvalue weighted by molar-refractivity contribution is 9.10. The maximum Gasteiger partial charge on any atom is 0.315 e. The van der Waals surface area contributed by atoms with Gasteiger partial charge in [0.25, 0.3) is 0 Å². The largest absolute Gasteiger partial charge is 0.468 e. The number of halogens is 1. The fourth-order valence-corrected chi connectivity index (χ4v) is 2.53. The van der Waals surface area contributed by atoms with Crippen molar-refractivity contribution < 1.29 is 9.53 Å². The van der Waals surface area contributed by atoms with Crippen molar-refractivity contribution in [3.8, 4) is 0 Å². The number of carbonyl (C=O) groups excluding carboxylic acids is 1. The average molecular weight is 264 g/mol. The van der Waals surface area contributed by atoms with Gasteiger partial charge in [-0.2, -0.15) is 0 Å². The minimum Gasteiger partial charge on any atom is -0.468 e. The van der Waals surface area contributed by atoms with Crippen LogP contribution in [0, 0.1) is 0 Å². The molecule has 0 aliphatic heterocycles. The van der Waals surface area contributed by atoms with Crippen LogP contribution in [0.15, 0.2) is 15.9 Å². The molecule has 72 valence electrons. The van der Waals surface area contributed by atoms with Crippen LogP contribution >= 0.6 is 27.3 Å². The Balaban J connectivity index is 2.84. The summed E-state index contributed by atoms with van der Waals surface area (Å²) in [4.78, 5) is 12.2. The number of hydrogen-bond donors (Lipinski definition) is 1. The van der Waals surface area contributed by atoms with E-state index in [9.17, 15) is 4.79 Å². The molecule has 0 saturated heterocycles. The van der Waals surface area contributed by atoms with Gasteiger partial charge in [-0.15, -0.1) is 11.3 Å². The van der Waals surface area contributed by atoms with Crippen molar-refractivity contribution in [2.75, 3.05) is 13.7 Å². The predicted octanol–water partition coefficient (Wildman–Crippen LogP) is 1.73. The summed E-state index contributed by atoms with van der Waals surface area (Å²) >= 11 is 4.82. The van der Waals surface area contributed by atoms with Crippen LogP contribution < -0.4 is 5.73 Å². The molecule has 0 aliphatic rings. The molecule has 0 radical (unpaired) electrons. The molecule has 0 fully saturated rings. The van der Waals surface area contributed by atoms with Crippen LogP contribution in [0.2, 0.25) is 0 Å². The van der Waals surface area contributed by atoms with Gasteiger partial charge in [0.1, 0.15) is 5.92 Å². The molecule has 1 unspecified atom stereocenters. The summed E-state index contributed by atoms with van der Waals surface area (Å²) in [6.07, 6.45) is 0. The van der Waals surface area contributed by atoms with E-state index in [2.05, 4.69) is 20.7 Å². The molecule has 5 heteroatoms. The minimum atomic E-state index is -0.332. The van der Waals surface area contributed by atoms with E-state index >= 15 is 0 Å². The third-order valence-electron chi connectivity index (χ3n) is 1.65.